The van der Waals surface area contributed by atoms with Gasteiger partial charge in [-0.15, -0.1) is 0 Å². The van der Waals surface area contributed by atoms with Crippen LogP contribution in [0.15, 0.2) is 59.5 Å². The molecule has 1 atom stereocenters. The van der Waals surface area contributed by atoms with Crippen molar-refractivity contribution < 1.29 is 14.3 Å². The Kier molecular flexibility index (Phi) is 8.39. The topological polar surface area (TPSA) is 59.6 Å². The molecule has 1 heterocycles. The van der Waals surface area contributed by atoms with Crippen LogP contribution in [-0.2, 0) is 11.4 Å². The Balaban J connectivity index is 1.47. The largest absolute Gasteiger partial charge is 0.490 e. The van der Waals surface area contributed by atoms with Crippen molar-refractivity contribution in [3.8, 4) is 11.5 Å². The zero-order valence-corrected chi connectivity index (χ0v) is 22.1. The first-order chi connectivity index (χ1) is 16.8. The van der Waals surface area contributed by atoms with Gasteiger partial charge in [0.2, 0.25) is 0 Å². The minimum atomic E-state index is -0.300. The molecule has 0 saturated carbocycles. The van der Waals surface area contributed by atoms with E-state index in [9.17, 15) is 4.79 Å². The van der Waals surface area contributed by atoms with Gasteiger partial charge in [-0.2, -0.15) is 0 Å². The lowest BCUT2D eigenvalue weighted by Crippen LogP contribution is -2.31. The fourth-order valence-electron chi connectivity index (χ4n) is 3.40. The summed E-state index contributed by atoms with van der Waals surface area (Å²) in [7, 11) is 0. The molecule has 0 spiro atoms. The summed E-state index contributed by atoms with van der Waals surface area (Å²) in [4.78, 5) is 13.2. The molecule has 0 bridgehead atoms. The second kappa shape index (κ2) is 11.5. The number of benzene rings is 3. The number of hydrogen-bond acceptors (Lipinski definition) is 5. The number of halogens is 3. The van der Waals surface area contributed by atoms with Gasteiger partial charge < -0.3 is 20.1 Å². The molecule has 1 fully saturated rings. The number of carbonyl (C=O) groups is 1. The maximum atomic E-state index is 12.6. The van der Waals surface area contributed by atoms with Gasteiger partial charge in [0, 0.05) is 10.7 Å². The summed E-state index contributed by atoms with van der Waals surface area (Å²) < 4.78 is 11.8. The highest BCUT2D eigenvalue weighted by Gasteiger charge is 2.27. The SMILES string of the molecule is CCOc1cc(/C=C2\SC(Nc3cc(Cl)ccc3C)NC2=O)ccc1OCc1ccc(Cl)c(Cl)c1. The average Bonchev–Trinajstić information content (AvgIpc) is 3.16. The van der Waals surface area contributed by atoms with Gasteiger partial charge in [-0.1, -0.05) is 64.8 Å². The third-order valence-corrected chi connectivity index (χ3v) is 7.16. The van der Waals surface area contributed by atoms with E-state index in [4.69, 9.17) is 44.3 Å². The van der Waals surface area contributed by atoms with E-state index in [-0.39, 0.29) is 11.4 Å². The summed E-state index contributed by atoms with van der Waals surface area (Å²) in [5.41, 5.74) is 3.33. The summed E-state index contributed by atoms with van der Waals surface area (Å²) in [6.07, 6.45) is 1.83. The molecule has 1 aliphatic heterocycles. The average molecular weight is 550 g/mol. The monoisotopic (exact) mass is 548 g/mol. The normalized spacial score (nSPS) is 16.3. The number of rotatable bonds is 8. The Labute approximate surface area is 223 Å². The Bertz CT molecular complexity index is 1280. The Morgan fingerprint density at radius 3 is 2.60 bits per heavy atom. The predicted octanol–water partition coefficient (Wildman–Crippen LogP) is 7.53. The summed E-state index contributed by atoms with van der Waals surface area (Å²) in [5.74, 6) is 1.04. The van der Waals surface area contributed by atoms with Crippen molar-refractivity contribution in [2.24, 2.45) is 0 Å². The van der Waals surface area contributed by atoms with Crippen LogP contribution in [0.2, 0.25) is 15.1 Å². The van der Waals surface area contributed by atoms with Crippen LogP contribution in [0.4, 0.5) is 5.69 Å². The number of anilines is 1. The molecule has 35 heavy (non-hydrogen) atoms. The van der Waals surface area contributed by atoms with Crippen LogP contribution < -0.4 is 20.1 Å². The maximum absolute atomic E-state index is 12.6. The molecule has 3 aromatic carbocycles. The molecule has 5 nitrogen and oxygen atoms in total. The van der Waals surface area contributed by atoms with Crippen molar-refractivity contribution >= 4 is 64.2 Å². The van der Waals surface area contributed by atoms with Gasteiger partial charge in [0.25, 0.3) is 5.91 Å². The molecule has 9 heteroatoms. The highest BCUT2D eigenvalue weighted by atomic mass is 35.5. The summed E-state index contributed by atoms with van der Waals surface area (Å²) in [5, 5.41) is 7.87. The van der Waals surface area contributed by atoms with E-state index in [1.54, 1.807) is 12.1 Å². The number of nitrogens with one attached hydrogen (secondary N) is 2. The predicted molar refractivity (Wildman–Crippen MR) is 146 cm³/mol. The van der Waals surface area contributed by atoms with E-state index < -0.39 is 0 Å². The van der Waals surface area contributed by atoms with Crippen molar-refractivity contribution in [1.29, 1.82) is 0 Å². The fraction of sp³-hybridized carbons (Fsp3) is 0.192. The summed E-state index contributed by atoms with van der Waals surface area (Å²) in [6, 6.07) is 16.6. The first-order valence-corrected chi connectivity index (χ1v) is 12.9. The molecule has 1 unspecified atom stereocenters. The van der Waals surface area contributed by atoms with E-state index in [0.717, 1.165) is 22.4 Å². The molecular weight excluding hydrogens is 527 g/mol. The van der Waals surface area contributed by atoms with Crippen molar-refractivity contribution in [3.63, 3.8) is 0 Å². The molecule has 2 N–H and O–H groups in total. The highest BCUT2D eigenvalue weighted by Crippen LogP contribution is 2.35. The molecule has 1 saturated heterocycles. The van der Waals surface area contributed by atoms with Crippen LogP contribution in [-0.4, -0.2) is 18.0 Å². The van der Waals surface area contributed by atoms with Crippen molar-refractivity contribution in [1.82, 2.24) is 5.32 Å². The summed E-state index contributed by atoms with van der Waals surface area (Å²) in [6.45, 7) is 4.68. The molecule has 4 rings (SSSR count). The van der Waals surface area contributed by atoms with Crippen molar-refractivity contribution in [2.75, 3.05) is 11.9 Å². The first kappa shape index (κ1) is 25.6. The van der Waals surface area contributed by atoms with Crippen molar-refractivity contribution in [3.05, 3.63) is 91.3 Å². The molecule has 182 valence electrons. The van der Waals surface area contributed by atoms with Gasteiger partial charge in [-0.25, -0.2) is 0 Å². The highest BCUT2D eigenvalue weighted by molar-refractivity contribution is 8.05. The van der Waals surface area contributed by atoms with E-state index in [1.807, 2.05) is 62.4 Å². The van der Waals surface area contributed by atoms with Crippen LogP contribution in [0, 0.1) is 6.92 Å². The zero-order chi connectivity index (χ0) is 24.9. The van der Waals surface area contributed by atoms with Gasteiger partial charge in [0.15, 0.2) is 17.0 Å². The second-order valence-corrected chi connectivity index (χ2v) is 10.2. The van der Waals surface area contributed by atoms with Gasteiger partial charge in [0.05, 0.1) is 21.6 Å². The smallest absolute Gasteiger partial charge is 0.260 e. The van der Waals surface area contributed by atoms with Gasteiger partial charge in [0.1, 0.15) is 6.61 Å². The van der Waals surface area contributed by atoms with Gasteiger partial charge >= 0.3 is 0 Å². The number of thioether (sulfide) groups is 1. The van der Waals surface area contributed by atoms with Crippen LogP contribution in [0.25, 0.3) is 6.08 Å². The van der Waals surface area contributed by atoms with Crippen LogP contribution in [0.5, 0.6) is 11.5 Å². The number of aryl methyl sites for hydroxylation is 1. The quantitative estimate of drug-likeness (QED) is 0.284. The lowest BCUT2D eigenvalue weighted by Gasteiger charge is -2.15. The number of hydrogen-bond donors (Lipinski definition) is 2. The summed E-state index contributed by atoms with van der Waals surface area (Å²) >= 11 is 19.6. The number of ether oxygens (including phenoxy) is 2. The van der Waals surface area contributed by atoms with Crippen molar-refractivity contribution in [2.45, 2.75) is 26.0 Å². The standard InChI is InChI=1S/C26H23Cl3N2O3S/c1-3-33-23-11-16(6-9-22(23)34-14-17-5-8-19(28)20(29)10-17)12-24-25(32)31-26(35-24)30-21-13-18(27)7-4-15(21)2/h4-13,26,30H,3,14H2,1-2H3,(H,31,32)/b24-12-. The maximum Gasteiger partial charge on any atom is 0.260 e. The molecular formula is C26H23Cl3N2O3S. The van der Waals surface area contributed by atoms with Crippen LogP contribution >= 0.6 is 46.6 Å². The molecule has 0 aliphatic carbocycles. The zero-order valence-electron chi connectivity index (χ0n) is 19.0. The van der Waals surface area contributed by atoms with Gasteiger partial charge in [-0.05, 0) is 73.0 Å². The second-order valence-electron chi connectivity index (χ2n) is 7.76. The minimum Gasteiger partial charge on any atom is -0.490 e. The van der Waals surface area contributed by atoms with E-state index >= 15 is 0 Å². The first-order valence-electron chi connectivity index (χ1n) is 10.9. The number of amides is 1. The fourth-order valence-corrected chi connectivity index (χ4v) is 4.87. The Morgan fingerprint density at radius 2 is 1.83 bits per heavy atom. The third kappa shape index (κ3) is 6.58. The van der Waals surface area contributed by atoms with E-state index in [2.05, 4.69) is 10.6 Å². The molecule has 3 aromatic rings. The molecule has 1 amide bonds. The Hall–Kier alpha value is -2.51. The van der Waals surface area contributed by atoms with E-state index in [1.165, 1.54) is 11.8 Å². The molecule has 0 aromatic heterocycles. The van der Waals surface area contributed by atoms with Crippen LogP contribution in [0.3, 0.4) is 0 Å². The lowest BCUT2D eigenvalue weighted by atomic mass is 10.2. The molecule has 0 radical (unpaired) electrons. The Morgan fingerprint density at radius 1 is 1.00 bits per heavy atom. The minimum absolute atomic E-state index is 0.148. The number of carbonyl (C=O) groups excluding carboxylic acids is 1. The lowest BCUT2D eigenvalue weighted by molar-refractivity contribution is -0.116. The van der Waals surface area contributed by atoms with Crippen LogP contribution in [0.1, 0.15) is 23.6 Å². The third-order valence-electron chi connectivity index (χ3n) is 5.16. The molecule has 1 aliphatic rings. The van der Waals surface area contributed by atoms with E-state index in [0.29, 0.717) is 44.7 Å². The van der Waals surface area contributed by atoms with Gasteiger partial charge in [-0.3, -0.25) is 4.79 Å².